The molecular weight excluding hydrogens is 238 g/mol. The molecule has 3 nitrogen and oxygen atoms in total. The molecule has 0 aromatic rings. The molecular formula is C16H29NO2. The SMILES string of the molecule is CCC1CN(C2CCOC3(CCCC3)C2)CCC1O. The highest BCUT2D eigenvalue weighted by atomic mass is 16.5. The fourth-order valence-electron chi connectivity index (χ4n) is 4.46. The van der Waals surface area contributed by atoms with Crippen molar-refractivity contribution >= 4 is 0 Å². The minimum Gasteiger partial charge on any atom is -0.393 e. The first-order valence-corrected chi connectivity index (χ1v) is 8.28. The van der Waals surface area contributed by atoms with Gasteiger partial charge in [0.2, 0.25) is 0 Å². The highest BCUT2D eigenvalue weighted by molar-refractivity contribution is 4.95. The van der Waals surface area contributed by atoms with Gasteiger partial charge in [-0.1, -0.05) is 19.8 Å². The van der Waals surface area contributed by atoms with E-state index in [1.165, 1.54) is 38.5 Å². The number of hydrogen-bond acceptors (Lipinski definition) is 3. The highest BCUT2D eigenvalue weighted by Gasteiger charge is 2.42. The Balaban J connectivity index is 1.62. The van der Waals surface area contributed by atoms with Gasteiger partial charge in [0.05, 0.1) is 11.7 Å². The number of nitrogens with zero attached hydrogens (tertiary/aromatic N) is 1. The van der Waals surface area contributed by atoms with Crippen LogP contribution in [0.1, 0.15) is 58.3 Å². The van der Waals surface area contributed by atoms with Crippen molar-refractivity contribution < 1.29 is 9.84 Å². The van der Waals surface area contributed by atoms with Gasteiger partial charge in [0.15, 0.2) is 0 Å². The molecule has 0 radical (unpaired) electrons. The predicted octanol–water partition coefficient (Wildman–Crippen LogP) is 2.57. The maximum Gasteiger partial charge on any atom is 0.0697 e. The summed E-state index contributed by atoms with van der Waals surface area (Å²) in [7, 11) is 0. The zero-order valence-electron chi connectivity index (χ0n) is 12.3. The lowest BCUT2D eigenvalue weighted by atomic mass is 9.85. The third kappa shape index (κ3) is 2.84. The van der Waals surface area contributed by atoms with Crippen LogP contribution in [0.2, 0.25) is 0 Å². The topological polar surface area (TPSA) is 32.7 Å². The molecule has 3 unspecified atom stereocenters. The van der Waals surface area contributed by atoms with E-state index < -0.39 is 0 Å². The lowest BCUT2D eigenvalue weighted by Crippen LogP contribution is -2.52. The van der Waals surface area contributed by atoms with E-state index >= 15 is 0 Å². The van der Waals surface area contributed by atoms with Crippen LogP contribution in [0, 0.1) is 5.92 Å². The standard InChI is InChI=1S/C16H29NO2/c1-2-13-12-17(9-5-15(13)18)14-6-10-19-16(11-14)7-3-4-8-16/h13-15,18H,2-12H2,1H3. The van der Waals surface area contributed by atoms with Crippen LogP contribution >= 0.6 is 0 Å². The Morgan fingerprint density at radius 1 is 1.26 bits per heavy atom. The molecule has 1 N–H and O–H groups in total. The third-order valence-corrected chi connectivity index (χ3v) is 5.75. The second-order valence-electron chi connectivity index (χ2n) is 6.90. The van der Waals surface area contributed by atoms with Gasteiger partial charge in [0.1, 0.15) is 0 Å². The summed E-state index contributed by atoms with van der Waals surface area (Å²) >= 11 is 0. The first-order chi connectivity index (χ1) is 9.22. The Hall–Kier alpha value is -0.120. The minimum atomic E-state index is -0.0680. The van der Waals surface area contributed by atoms with Gasteiger partial charge in [0, 0.05) is 25.7 Å². The third-order valence-electron chi connectivity index (χ3n) is 5.75. The molecule has 1 saturated carbocycles. The van der Waals surface area contributed by atoms with Crippen molar-refractivity contribution in [3.8, 4) is 0 Å². The quantitative estimate of drug-likeness (QED) is 0.834. The molecule has 0 aromatic heterocycles. The lowest BCUT2D eigenvalue weighted by molar-refractivity contribution is -0.111. The van der Waals surface area contributed by atoms with Gasteiger partial charge >= 0.3 is 0 Å². The summed E-state index contributed by atoms with van der Waals surface area (Å²) in [4.78, 5) is 2.66. The molecule has 0 aromatic carbocycles. The van der Waals surface area contributed by atoms with Crippen LogP contribution in [0.25, 0.3) is 0 Å². The normalized spacial score (nSPS) is 39.8. The molecule has 3 heteroatoms. The van der Waals surface area contributed by atoms with Crippen molar-refractivity contribution in [3.63, 3.8) is 0 Å². The van der Waals surface area contributed by atoms with E-state index in [-0.39, 0.29) is 11.7 Å². The molecule has 3 atom stereocenters. The number of piperidine rings is 1. The number of aliphatic hydroxyl groups excluding tert-OH is 1. The minimum absolute atomic E-state index is 0.0680. The second kappa shape index (κ2) is 5.71. The zero-order valence-corrected chi connectivity index (χ0v) is 12.3. The number of rotatable bonds is 2. The summed E-state index contributed by atoms with van der Waals surface area (Å²) in [5, 5.41) is 10.0. The average molecular weight is 267 g/mol. The van der Waals surface area contributed by atoms with E-state index in [1.807, 2.05) is 0 Å². The van der Waals surface area contributed by atoms with Crippen molar-refractivity contribution in [2.75, 3.05) is 19.7 Å². The van der Waals surface area contributed by atoms with Gasteiger partial charge in [-0.2, -0.15) is 0 Å². The Morgan fingerprint density at radius 3 is 2.79 bits per heavy atom. The molecule has 1 aliphatic carbocycles. The van der Waals surface area contributed by atoms with Crippen LogP contribution in [0.3, 0.4) is 0 Å². The molecule has 3 rings (SSSR count). The molecule has 0 amide bonds. The van der Waals surface area contributed by atoms with Crippen molar-refractivity contribution in [2.45, 2.75) is 76.0 Å². The summed E-state index contributed by atoms with van der Waals surface area (Å²) in [6, 6.07) is 0.702. The van der Waals surface area contributed by atoms with Gasteiger partial charge in [-0.3, -0.25) is 4.90 Å². The van der Waals surface area contributed by atoms with Gasteiger partial charge in [-0.25, -0.2) is 0 Å². The first-order valence-electron chi connectivity index (χ1n) is 8.28. The summed E-state index contributed by atoms with van der Waals surface area (Å²) < 4.78 is 6.15. The van der Waals surface area contributed by atoms with E-state index in [1.54, 1.807) is 0 Å². The fraction of sp³-hybridized carbons (Fsp3) is 1.00. The van der Waals surface area contributed by atoms with E-state index in [0.29, 0.717) is 12.0 Å². The van der Waals surface area contributed by atoms with Crippen LogP contribution in [0.4, 0.5) is 0 Å². The lowest BCUT2D eigenvalue weighted by Gasteiger charge is -2.46. The van der Waals surface area contributed by atoms with Gasteiger partial charge < -0.3 is 9.84 Å². The molecule has 1 spiro atoms. The van der Waals surface area contributed by atoms with Crippen molar-refractivity contribution in [3.05, 3.63) is 0 Å². The largest absolute Gasteiger partial charge is 0.393 e. The van der Waals surface area contributed by atoms with E-state index in [0.717, 1.165) is 32.5 Å². The van der Waals surface area contributed by atoms with Crippen molar-refractivity contribution in [1.82, 2.24) is 4.90 Å². The molecule has 0 bridgehead atoms. The number of likely N-dealkylation sites (tertiary alicyclic amines) is 1. The summed E-state index contributed by atoms with van der Waals surface area (Å²) in [5.74, 6) is 0.483. The van der Waals surface area contributed by atoms with Gasteiger partial charge in [-0.15, -0.1) is 0 Å². The number of hydrogen-bond donors (Lipinski definition) is 1. The zero-order chi connectivity index (χ0) is 13.3. The molecule has 3 aliphatic rings. The van der Waals surface area contributed by atoms with Crippen LogP contribution in [0.15, 0.2) is 0 Å². The van der Waals surface area contributed by atoms with E-state index in [9.17, 15) is 5.11 Å². The van der Waals surface area contributed by atoms with Crippen LogP contribution in [-0.2, 0) is 4.74 Å². The Labute approximate surface area is 117 Å². The Bertz CT molecular complexity index is 301. The molecule has 2 heterocycles. The molecule has 2 saturated heterocycles. The highest BCUT2D eigenvalue weighted by Crippen LogP contribution is 2.41. The van der Waals surface area contributed by atoms with Crippen LogP contribution in [0.5, 0.6) is 0 Å². The maximum atomic E-state index is 10.0. The molecule has 2 aliphatic heterocycles. The number of ether oxygens (including phenoxy) is 1. The average Bonchev–Trinajstić information content (AvgIpc) is 2.87. The molecule has 3 fully saturated rings. The Morgan fingerprint density at radius 2 is 2.05 bits per heavy atom. The molecule has 110 valence electrons. The maximum absolute atomic E-state index is 10.0. The first kappa shape index (κ1) is 13.8. The number of aliphatic hydroxyl groups is 1. The van der Waals surface area contributed by atoms with Crippen molar-refractivity contribution in [1.29, 1.82) is 0 Å². The van der Waals surface area contributed by atoms with Crippen LogP contribution < -0.4 is 0 Å². The van der Waals surface area contributed by atoms with E-state index in [2.05, 4.69) is 11.8 Å². The van der Waals surface area contributed by atoms with E-state index in [4.69, 9.17) is 4.74 Å². The Kier molecular flexibility index (Phi) is 4.16. The van der Waals surface area contributed by atoms with Gasteiger partial charge in [0.25, 0.3) is 0 Å². The van der Waals surface area contributed by atoms with Crippen LogP contribution in [-0.4, -0.2) is 47.4 Å². The van der Waals surface area contributed by atoms with Crippen molar-refractivity contribution in [2.24, 2.45) is 5.92 Å². The smallest absolute Gasteiger partial charge is 0.0697 e. The summed E-state index contributed by atoms with van der Waals surface area (Å²) in [5.41, 5.74) is 0.223. The monoisotopic (exact) mass is 267 g/mol. The predicted molar refractivity (Wildman–Crippen MR) is 76.2 cm³/mol. The fourth-order valence-corrected chi connectivity index (χ4v) is 4.46. The molecule has 19 heavy (non-hydrogen) atoms. The summed E-state index contributed by atoms with van der Waals surface area (Å²) in [6.45, 7) is 5.33. The second-order valence-corrected chi connectivity index (χ2v) is 6.90. The van der Waals surface area contributed by atoms with Gasteiger partial charge in [-0.05, 0) is 44.4 Å². The summed E-state index contributed by atoms with van der Waals surface area (Å²) in [6.07, 6.45) is 9.67.